The molecule has 0 radical (unpaired) electrons. The number of hydrogen-bond acceptors (Lipinski definition) is 4. The molecule has 1 saturated carbocycles. The molecule has 3 unspecified atom stereocenters. The van der Waals surface area contributed by atoms with Crippen LogP contribution >= 0.6 is 0 Å². The minimum Gasteiger partial charge on any atom is -0.480 e. The summed E-state index contributed by atoms with van der Waals surface area (Å²) in [7, 11) is 0. The number of nitrogens with one attached hydrogen (secondary N) is 2. The van der Waals surface area contributed by atoms with Crippen LogP contribution in [-0.4, -0.2) is 46.3 Å². The van der Waals surface area contributed by atoms with E-state index in [-0.39, 0.29) is 18.9 Å². The molecule has 114 valence electrons. The Morgan fingerprint density at radius 2 is 1.90 bits per heavy atom. The number of rotatable bonds is 6. The lowest BCUT2D eigenvalue weighted by atomic mass is 9.93. The molecular weight excluding hydrogens is 266 g/mol. The molecule has 0 bridgehead atoms. The van der Waals surface area contributed by atoms with Crippen LogP contribution in [0.1, 0.15) is 38.5 Å². The lowest BCUT2D eigenvalue weighted by Gasteiger charge is -2.28. The molecule has 1 aliphatic rings. The monoisotopic (exact) mass is 287 g/mol. The first-order valence-corrected chi connectivity index (χ1v) is 6.66. The van der Waals surface area contributed by atoms with Gasteiger partial charge in [0.1, 0.15) is 6.04 Å². The SMILES string of the molecule is NC(=O)CCC(NC(=O)NC1CCCCC1O)C(=O)O. The van der Waals surface area contributed by atoms with E-state index in [0.717, 1.165) is 12.8 Å². The first-order chi connectivity index (χ1) is 9.40. The highest BCUT2D eigenvalue weighted by molar-refractivity contribution is 5.83. The Hall–Kier alpha value is -1.83. The number of carboxylic acids is 1. The van der Waals surface area contributed by atoms with Gasteiger partial charge in [0.2, 0.25) is 5.91 Å². The maximum Gasteiger partial charge on any atom is 0.326 e. The van der Waals surface area contributed by atoms with E-state index in [1.54, 1.807) is 0 Å². The van der Waals surface area contributed by atoms with Gasteiger partial charge in [-0.15, -0.1) is 0 Å². The van der Waals surface area contributed by atoms with Gasteiger partial charge in [-0.1, -0.05) is 12.8 Å². The van der Waals surface area contributed by atoms with Crippen molar-refractivity contribution in [2.45, 2.75) is 56.7 Å². The van der Waals surface area contributed by atoms with Crippen molar-refractivity contribution in [2.75, 3.05) is 0 Å². The first kappa shape index (κ1) is 16.2. The van der Waals surface area contributed by atoms with Crippen LogP contribution in [0.5, 0.6) is 0 Å². The summed E-state index contributed by atoms with van der Waals surface area (Å²) in [4.78, 5) is 33.3. The fraction of sp³-hybridized carbons (Fsp3) is 0.750. The average molecular weight is 287 g/mol. The number of carboxylic acid groups (broad SMARTS) is 1. The fourth-order valence-electron chi connectivity index (χ4n) is 2.19. The van der Waals surface area contributed by atoms with E-state index < -0.39 is 30.1 Å². The molecule has 0 saturated heterocycles. The second-order valence-corrected chi connectivity index (χ2v) is 4.97. The number of nitrogens with two attached hydrogens (primary N) is 1. The summed E-state index contributed by atoms with van der Waals surface area (Å²) in [5.41, 5.74) is 4.95. The smallest absolute Gasteiger partial charge is 0.326 e. The van der Waals surface area contributed by atoms with Gasteiger partial charge in [-0.2, -0.15) is 0 Å². The summed E-state index contributed by atoms with van der Waals surface area (Å²) in [6, 6.07) is -2.20. The maximum atomic E-state index is 11.7. The minimum atomic E-state index is -1.23. The Morgan fingerprint density at radius 3 is 2.45 bits per heavy atom. The maximum absolute atomic E-state index is 11.7. The van der Waals surface area contributed by atoms with E-state index in [4.69, 9.17) is 10.8 Å². The number of amides is 3. The zero-order chi connectivity index (χ0) is 15.1. The lowest BCUT2D eigenvalue weighted by Crippen LogP contribution is -2.52. The number of carbonyl (C=O) groups excluding carboxylic acids is 2. The van der Waals surface area contributed by atoms with E-state index in [1.807, 2.05) is 0 Å². The second kappa shape index (κ2) is 7.68. The Kier molecular flexibility index (Phi) is 6.23. The molecule has 3 amide bonds. The third-order valence-corrected chi connectivity index (χ3v) is 3.33. The van der Waals surface area contributed by atoms with Crippen LogP contribution < -0.4 is 16.4 Å². The molecule has 1 rings (SSSR count). The Balaban J connectivity index is 2.44. The van der Waals surface area contributed by atoms with Crippen molar-refractivity contribution in [3.05, 3.63) is 0 Å². The van der Waals surface area contributed by atoms with Gasteiger partial charge in [-0.05, 0) is 19.3 Å². The van der Waals surface area contributed by atoms with E-state index in [0.29, 0.717) is 12.8 Å². The van der Waals surface area contributed by atoms with E-state index in [1.165, 1.54) is 0 Å². The van der Waals surface area contributed by atoms with Crippen LogP contribution in [0.25, 0.3) is 0 Å². The number of primary amides is 1. The number of hydrogen-bond donors (Lipinski definition) is 5. The topological polar surface area (TPSA) is 142 Å². The predicted octanol–water partition coefficient (Wildman–Crippen LogP) is -0.692. The average Bonchev–Trinajstić information content (AvgIpc) is 2.36. The van der Waals surface area contributed by atoms with Crippen molar-refractivity contribution < 1.29 is 24.6 Å². The normalized spacial score (nSPS) is 23.6. The van der Waals surface area contributed by atoms with E-state index in [2.05, 4.69) is 10.6 Å². The standard InChI is InChI=1S/C12H21N3O5/c13-10(17)6-5-8(11(18)19)15-12(20)14-7-3-1-2-4-9(7)16/h7-9,16H,1-6H2,(H2,13,17)(H,18,19)(H2,14,15,20). The molecule has 6 N–H and O–H groups in total. The van der Waals surface area contributed by atoms with Gasteiger partial charge >= 0.3 is 12.0 Å². The molecule has 0 aromatic heterocycles. The van der Waals surface area contributed by atoms with Gasteiger partial charge in [-0.25, -0.2) is 9.59 Å². The van der Waals surface area contributed by atoms with E-state index >= 15 is 0 Å². The highest BCUT2D eigenvalue weighted by atomic mass is 16.4. The zero-order valence-corrected chi connectivity index (χ0v) is 11.2. The molecule has 0 aromatic rings. The summed E-state index contributed by atoms with van der Waals surface area (Å²) >= 11 is 0. The van der Waals surface area contributed by atoms with Crippen molar-refractivity contribution in [1.29, 1.82) is 0 Å². The van der Waals surface area contributed by atoms with Crippen LogP contribution in [-0.2, 0) is 9.59 Å². The van der Waals surface area contributed by atoms with Gasteiger partial charge < -0.3 is 26.6 Å². The van der Waals surface area contributed by atoms with Gasteiger partial charge in [0.25, 0.3) is 0 Å². The fourth-order valence-corrected chi connectivity index (χ4v) is 2.19. The van der Waals surface area contributed by atoms with Crippen molar-refractivity contribution >= 4 is 17.9 Å². The highest BCUT2D eigenvalue weighted by Crippen LogP contribution is 2.18. The summed E-state index contributed by atoms with van der Waals surface area (Å²) < 4.78 is 0. The third-order valence-electron chi connectivity index (χ3n) is 3.33. The van der Waals surface area contributed by atoms with Crippen LogP contribution in [0.15, 0.2) is 0 Å². The predicted molar refractivity (Wildman–Crippen MR) is 69.8 cm³/mol. The molecule has 0 spiro atoms. The van der Waals surface area contributed by atoms with Crippen LogP contribution in [0, 0.1) is 0 Å². The quantitative estimate of drug-likeness (QED) is 0.439. The summed E-state index contributed by atoms with van der Waals surface area (Å²) in [5, 5.41) is 23.5. The zero-order valence-electron chi connectivity index (χ0n) is 11.2. The molecule has 8 nitrogen and oxygen atoms in total. The number of aliphatic carboxylic acids is 1. The molecule has 1 aliphatic carbocycles. The second-order valence-electron chi connectivity index (χ2n) is 4.97. The van der Waals surface area contributed by atoms with Gasteiger partial charge in [0.15, 0.2) is 0 Å². The minimum absolute atomic E-state index is 0.0642. The number of aliphatic hydroxyl groups is 1. The Labute approximate surface area is 116 Å². The van der Waals surface area contributed by atoms with Crippen molar-refractivity contribution in [3.8, 4) is 0 Å². The van der Waals surface area contributed by atoms with Crippen LogP contribution in [0.3, 0.4) is 0 Å². The number of aliphatic hydroxyl groups excluding tert-OH is 1. The number of urea groups is 1. The summed E-state index contributed by atoms with van der Waals surface area (Å²) in [6.45, 7) is 0. The molecule has 0 aromatic carbocycles. The number of carbonyl (C=O) groups is 3. The van der Waals surface area contributed by atoms with Crippen LogP contribution in [0.4, 0.5) is 4.79 Å². The molecule has 1 fully saturated rings. The van der Waals surface area contributed by atoms with Crippen molar-refractivity contribution in [3.63, 3.8) is 0 Å². The van der Waals surface area contributed by atoms with Crippen molar-refractivity contribution in [2.24, 2.45) is 5.73 Å². The molecule has 0 aliphatic heterocycles. The Bertz CT molecular complexity index is 374. The van der Waals surface area contributed by atoms with Gasteiger partial charge in [0.05, 0.1) is 12.1 Å². The summed E-state index contributed by atoms with van der Waals surface area (Å²) in [5.74, 6) is -1.85. The molecule has 20 heavy (non-hydrogen) atoms. The summed E-state index contributed by atoms with van der Waals surface area (Å²) in [6.07, 6.45) is 2.31. The highest BCUT2D eigenvalue weighted by Gasteiger charge is 2.26. The Morgan fingerprint density at radius 1 is 1.25 bits per heavy atom. The van der Waals surface area contributed by atoms with E-state index in [9.17, 15) is 19.5 Å². The van der Waals surface area contributed by atoms with Gasteiger partial charge in [0, 0.05) is 6.42 Å². The molecule has 8 heteroatoms. The van der Waals surface area contributed by atoms with Crippen molar-refractivity contribution in [1.82, 2.24) is 10.6 Å². The molecule has 0 heterocycles. The van der Waals surface area contributed by atoms with Gasteiger partial charge in [-0.3, -0.25) is 4.79 Å². The third kappa shape index (κ3) is 5.43. The molecular formula is C12H21N3O5. The van der Waals surface area contributed by atoms with Crippen LogP contribution in [0.2, 0.25) is 0 Å². The lowest BCUT2D eigenvalue weighted by molar-refractivity contribution is -0.139. The molecule has 3 atom stereocenters. The first-order valence-electron chi connectivity index (χ1n) is 6.66. The largest absolute Gasteiger partial charge is 0.480 e.